The molecule has 2 aliphatic rings. The highest BCUT2D eigenvalue weighted by molar-refractivity contribution is 5.90. The fourth-order valence-electron chi connectivity index (χ4n) is 2.17. The summed E-state index contributed by atoms with van der Waals surface area (Å²) >= 11 is 0. The lowest BCUT2D eigenvalue weighted by Gasteiger charge is -2.23. The number of carbonyl (C=O) groups is 2. The van der Waals surface area contributed by atoms with E-state index in [1.165, 1.54) is 0 Å². The lowest BCUT2D eigenvalue weighted by molar-refractivity contribution is -0.134. The van der Waals surface area contributed by atoms with E-state index in [1.54, 1.807) is 0 Å². The van der Waals surface area contributed by atoms with E-state index in [2.05, 4.69) is 12.2 Å². The molecule has 0 bridgehead atoms. The van der Waals surface area contributed by atoms with Crippen molar-refractivity contribution in [2.75, 3.05) is 13.1 Å². The van der Waals surface area contributed by atoms with E-state index < -0.39 is 0 Å². The van der Waals surface area contributed by atoms with Crippen molar-refractivity contribution in [1.29, 1.82) is 0 Å². The molecule has 4 heteroatoms. The molecule has 0 aromatic rings. The van der Waals surface area contributed by atoms with Crippen LogP contribution in [0.3, 0.4) is 0 Å². The van der Waals surface area contributed by atoms with Crippen LogP contribution < -0.4 is 5.32 Å². The second kappa shape index (κ2) is 4.85. The van der Waals surface area contributed by atoms with Gasteiger partial charge in [-0.1, -0.05) is 13.3 Å². The molecule has 0 aromatic heterocycles. The van der Waals surface area contributed by atoms with Crippen LogP contribution in [0.25, 0.3) is 0 Å². The van der Waals surface area contributed by atoms with Crippen molar-refractivity contribution >= 4 is 11.8 Å². The standard InChI is InChI=1S/C12H20N2O2/c1-2-3-7-14-8-6-10(15)13-11(12(14)16)9-4-5-9/h9,11H,2-8H2,1H3,(H,13,15). The summed E-state index contributed by atoms with van der Waals surface area (Å²) in [5.74, 6) is 0.574. The van der Waals surface area contributed by atoms with Crippen LogP contribution in [0.4, 0.5) is 0 Å². The van der Waals surface area contributed by atoms with Crippen molar-refractivity contribution in [1.82, 2.24) is 10.2 Å². The molecule has 1 heterocycles. The lowest BCUT2D eigenvalue weighted by atomic mass is 10.1. The Morgan fingerprint density at radius 1 is 1.38 bits per heavy atom. The Hall–Kier alpha value is -1.06. The first-order chi connectivity index (χ1) is 7.72. The van der Waals surface area contributed by atoms with Crippen LogP contribution in [0, 0.1) is 5.92 Å². The minimum atomic E-state index is -0.230. The summed E-state index contributed by atoms with van der Waals surface area (Å²) < 4.78 is 0. The molecule has 1 saturated carbocycles. The van der Waals surface area contributed by atoms with Gasteiger partial charge in [0.05, 0.1) is 0 Å². The Balaban J connectivity index is 2.01. The van der Waals surface area contributed by atoms with E-state index in [-0.39, 0.29) is 17.9 Å². The van der Waals surface area contributed by atoms with Gasteiger partial charge in [-0.25, -0.2) is 0 Å². The van der Waals surface area contributed by atoms with Crippen LogP contribution in [0.15, 0.2) is 0 Å². The molecule has 1 N–H and O–H groups in total. The maximum atomic E-state index is 12.2. The van der Waals surface area contributed by atoms with Gasteiger partial charge >= 0.3 is 0 Å². The summed E-state index contributed by atoms with van der Waals surface area (Å²) in [4.78, 5) is 25.6. The molecule has 2 rings (SSSR count). The monoisotopic (exact) mass is 224 g/mol. The molecular formula is C12H20N2O2. The zero-order valence-corrected chi connectivity index (χ0v) is 9.87. The summed E-state index contributed by atoms with van der Waals surface area (Å²) in [6.07, 6.45) is 4.73. The van der Waals surface area contributed by atoms with Crippen molar-refractivity contribution in [3.05, 3.63) is 0 Å². The Kier molecular flexibility index (Phi) is 3.46. The average molecular weight is 224 g/mol. The van der Waals surface area contributed by atoms with E-state index in [0.29, 0.717) is 18.9 Å². The number of nitrogens with one attached hydrogen (secondary N) is 1. The number of hydrogen-bond donors (Lipinski definition) is 1. The van der Waals surface area contributed by atoms with Crippen molar-refractivity contribution in [2.45, 2.75) is 45.1 Å². The minimum Gasteiger partial charge on any atom is -0.344 e. The largest absolute Gasteiger partial charge is 0.344 e. The fourth-order valence-corrected chi connectivity index (χ4v) is 2.17. The van der Waals surface area contributed by atoms with Gasteiger partial charge in [-0.05, 0) is 25.2 Å². The minimum absolute atomic E-state index is 0.0317. The molecule has 2 fully saturated rings. The normalized spacial score (nSPS) is 26.6. The smallest absolute Gasteiger partial charge is 0.245 e. The molecule has 4 nitrogen and oxygen atoms in total. The van der Waals surface area contributed by atoms with Gasteiger partial charge in [0.1, 0.15) is 6.04 Å². The summed E-state index contributed by atoms with van der Waals surface area (Å²) in [6.45, 7) is 3.51. The zero-order valence-electron chi connectivity index (χ0n) is 9.87. The first kappa shape index (κ1) is 11.4. The van der Waals surface area contributed by atoms with Gasteiger partial charge < -0.3 is 10.2 Å². The molecule has 2 amide bonds. The summed E-state index contributed by atoms with van der Waals surface area (Å²) in [6, 6.07) is -0.230. The predicted molar refractivity (Wildman–Crippen MR) is 60.8 cm³/mol. The van der Waals surface area contributed by atoms with Gasteiger partial charge in [0.2, 0.25) is 11.8 Å². The molecule has 1 unspecified atom stereocenters. The maximum Gasteiger partial charge on any atom is 0.245 e. The highest BCUT2D eigenvalue weighted by atomic mass is 16.2. The zero-order chi connectivity index (χ0) is 11.5. The predicted octanol–water partition coefficient (Wildman–Crippen LogP) is 0.914. The van der Waals surface area contributed by atoms with Crippen LogP contribution in [-0.4, -0.2) is 35.8 Å². The van der Waals surface area contributed by atoms with E-state index in [0.717, 1.165) is 32.2 Å². The molecule has 1 aliphatic carbocycles. The third kappa shape index (κ3) is 2.54. The lowest BCUT2D eigenvalue weighted by Crippen LogP contribution is -2.46. The molecule has 0 aromatic carbocycles. The summed E-state index contributed by atoms with van der Waals surface area (Å²) in [7, 11) is 0. The van der Waals surface area contributed by atoms with Crippen LogP contribution in [0.5, 0.6) is 0 Å². The summed E-state index contributed by atoms with van der Waals surface area (Å²) in [5, 5.41) is 2.87. The van der Waals surface area contributed by atoms with Gasteiger partial charge in [0, 0.05) is 19.5 Å². The Labute approximate surface area is 96.4 Å². The molecular weight excluding hydrogens is 204 g/mol. The fraction of sp³-hybridized carbons (Fsp3) is 0.833. The quantitative estimate of drug-likeness (QED) is 0.771. The molecule has 0 spiro atoms. The second-order valence-corrected chi connectivity index (χ2v) is 4.81. The highest BCUT2D eigenvalue weighted by Crippen LogP contribution is 2.34. The highest BCUT2D eigenvalue weighted by Gasteiger charge is 2.40. The van der Waals surface area contributed by atoms with Gasteiger partial charge in [-0.15, -0.1) is 0 Å². The van der Waals surface area contributed by atoms with Crippen molar-refractivity contribution < 1.29 is 9.59 Å². The molecule has 90 valence electrons. The first-order valence-corrected chi connectivity index (χ1v) is 6.30. The Morgan fingerprint density at radius 3 is 2.75 bits per heavy atom. The number of rotatable bonds is 4. The Morgan fingerprint density at radius 2 is 2.12 bits per heavy atom. The third-order valence-electron chi connectivity index (χ3n) is 3.38. The van der Waals surface area contributed by atoms with E-state index >= 15 is 0 Å². The van der Waals surface area contributed by atoms with E-state index in [4.69, 9.17) is 0 Å². The van der Waals surface area contributed by atoms with Crippen molar-refractivity contribution in [3.8, 4) is 0 Å². The van der Waals surface area contributed by atoms with Crippen LogP contribution >= 0.6 is 0 Å². The maximum absolute atomic E-state index is 12.2. The number of hydrogen-bond acceptors (Lipinski definition) is 2. The van der Waals surface area contributed by atoms with Gasteiger partial charge in [0.15, 0.2) is 0 Å². The van der Waals surface area contributed by atoms with E-state index in [9.17, 15) is 9.59 Å². The molecule has 1 aliphatic heterocycles. The second-order valence-electron chi connectivity index (χ2n) is 4.81. The summed E-state index contributed by atoms with van der Waals surface area (Å²) in [5.41, 5.74) is 0. The molecule has 0 radical (unpaired) electrons. The molecule has 16 heavy (non-hydrogen) atoms. The number of carbonyl (C=O) groups excluding carboxylic acids is 2. The average Bonchev–Trinajstić information content (AvgIpc) is 3.08. The Bertz CT molecular complexity index is 287. The van der Waals surface area contributed by atoms with Gasteiger partial charge in [-0.2, -0.15) is 0 Å². The van der Waals surface area contributed by atoms with Crippen LogP contribution in [-0.2, 0) is 9.59 Å². The molecule has 1 atom stereocenters. The SMILES string of the molecule is CCCCN1CCC(=O)NC(C2CC2)C1=O. The number of nitrogens with zero attached hydrogens (tertiary/aromatic N) is 1. The van der Waals surface area contributed by atoms with Gasteiger partial charge in [-0.3, -0.25) is 9.59 Å². The number of unbranched alkanes of at least 4 members (excludes halogenated alkanes) is 1. The topological polar surface area (TPSA) is 49.4 Å². The first-order valence-electron chi connectivity index (χ1n) is 6.30. The van der Waals surface area contributed by atoms with Crippen molar-refractivity contribution in [2.24, 2.45) is 5.92 Å². The molecule has 1 saturated heterocycles. The van der Waals surface area contributed by atoms with E-state index in [1.807, 2.05) is 4.90 Å². The third-order valence-corrected chi connectivity index (χ3v) is 3.38. The number of amides is 2. The van der Waals surface area contributed by atoms with Gasteiger partial charge in [0.25, 0.3) is 0 Å². The van der Waals surface area contributed by atoms with Crippen LogP contribution in [0.1, 0.15) is 39.0 Å². The van der Waals surface area contributed by atoms with Crippen molar-refractivity contribution in [3.63, 3.8) is 0 Å². The van der Waals surface area contributed by atoms with Crippen LogP contribution in [0.2, 0.25) is 0 Å².